The zero-order chi connectivity index (χ0) is 39.6. The Hall–Kier alpha value is -7.47. The molecule has 12 rings (SSSR count). The van der Waals surface area contributed by atoms with Gasteiger partial charge in [0.15, 0.2) is 17.5 Å². The van der Waals surface area contributed by atoms with E-state index in [9.17, 15) is 0 Å². The van der Waals surface area contributed by atoms with Gasteiger partial charge >= 0.3 is 0 Å². The topological polar surface area (TPSA) is 51.6 Å². The van der Waals surface area contributed by atoms with Crippen LogP contribution >= 0.6 is 11.8 Å². The van der Waals surface area contributed by atoms with Gasteiger partial charge in [0.25, 0.3) is 0 Å². The summed E-state index contributed by atoms with van der Waals surface area (Å²) in [6, 6.07) is 71.6. The van der Waals surface area contributed by atoms with E-state index < -0.39 is 5.41 Å². The molecule has 0 saturated carbocycles. The molecule has 10 aromatic rings. The summed E-state index contributed by atoms with van der Waals surface area (Å²) in [7, 11) is 0. The molecule has 0 saturated heterocycles. The van der Waals surface area contributed by atoms with Crippen molar-refractivity contribution >= 4 is 22.7 Å². The molecule has 0 N–H and O–H groups in total. The van der Waals surface area contributed by atoms with Crippen molar-refractivity contribution in [2.45, 2.75) is 15.2 Å². The van der Waals surface area contributed by atoms with Crippen molar-refractivity contribution in [1.82, 2.24) is 19.9 Å². The molecule has 0 bridgehead atoms. The molecule has 0 unspecified atom stereocenters. The van der Waals surface area contributed by atoms with E-state index >= 15 is 0 Å². The second-order valence-electron chi connectivity index (χ2n) is 15.4. The van der Waals surface area contributed by atoms with E-state index in [2.05, 4.69) is 133 Å². The molecule has 8 aromatic carbocycles. The Bertz CT molecular complexity index is 3200. The molecule has 5 heteroatoms. The van der Waals surface area contributed by atoms with Crippen molar-refractivity contribution in [1.29, 1.82) is 0 Å². The van der Waals surface area contributed by atoms with Gasteiger partial charge in [-0.3, -0.25) is 4.98 Å². The van der Waals surface area contributed by atoms with Gasteiger partial charge in [-0.05, 0) is 86.5 Å². The van der Waals surface area contributed by atoms with Crippen LogP contribution < -0.4 is 0 Å². The van der Waals surface area contributed by atoms with Crippen LogP contribution in [0.25, 0.3) is 78.4 Å². The number of pyridine rings is 1. The maximum Gasteiger partial charge on any atom is 0.164 e. The standard InChI is InChI=1S/C55H34N4S/c1-3-14-36(15-4-1)52-57-53(37-16-5-2-6-17-37)59-54(58-52)41-20-11-19-38(32-41)39-27-29-43-44-30-28-40(42-22-12-18-35-21-13-31-56-51(35)42)34-48(44)55(47(43)33-39)45-23-7-9-25-49(45)60-50-26-10-8-24-46(50)55/h1-34H. The van der Waals surface area contributed by atoms with Crippen molar-refractivity contribution < 1.29 is 0 Å². The highest BCUT2D eigenvalue weighted by atomic mass is 32.2. The first kappa shape index (κ1) is 34.6. The number of hydrogen-bond acceptors (Lipinski definition) is 5. The van der Waals surface area contributed by atoms with Gasteiger partial charge in [-0.1, -0.05) is 176 Å². The lowest BCUT2D eigenvalue weighted by atomic mass is 9.67. The summed E-state index contributed by atoms with van der Waals surface area (Å²) >= 11 is 1.87. The molecule has 60 heavy (non-hydrogen) atoms. The minimum atomic E-state index is -0.547. The van der Waals surface area contributed by atoms with Crippen LogP contribution in [0.2, 0.25) is 0 Å². The van der Waals surface area contributed by atoms with Crippen molar-refractivity contribution in [3.8, 4) is 67.5 Å². The van der Waals surface area contributed by atoms with Gasteiger partial charge in [0.1, 0.15) is 0 Å². The summed E-state index contributed by atoms with van der Waals surface area (Å²) < 4.78 is 0. The number of nitrogens with zero attached hydrogens (tertiary/aromatic N) is 4. The molecule has 0 fully saturated rings. The Morgan fingerprint density at radius 1 is 0.333 bits per heavy atom. The Morgan fingerprint density at radius 2 is 0.833 bits per heavy atom. The molecule has 0 atom stereocenters. The first-order valence-electron chi connectivity index (χ1n) is 20.2. The van der Waals surface area contributed by atoms with Crippen LogP contribution in [0.4, 0.5) is 0 Å². The Morgan fingerprint density at radius 3 is 1.50 bits per heavy atom. The van der Waals surface area contributed by atoms with E-state index in [1.807, 2.05) is 84.7 Å². The highest BCUT2D eigenvalue weighted by Crippen LogP contribution is 2.63. The van der Waals surface area contributed by atoms with Crippen LogP contribution in [0.1, 0.15) is 22.3 Å². The van der Waals surface area contributed by atoms with E-state index in [0.717, 1.165) is 49.8 Å². The average Bonchev–Trinajstić information content (AvgIpc) is 3.61. The van der Waals surface area contributed by atoms with E-state index in [1.54, 1.807) is 0 Å². The lowest BCUT2D eigenvalue weighted by Crippen LogP contribution is -2.32. The van der Waals surface area contributed by atoms with Crippen molar-refractivity contribution in [3.63, 3.8) is 0 Å². The SMILES string of the molecule is c1ccc(-c2nc(-c3ccccc3)nc(-c3cccc(-c4ccc5c(c4)C4(c6ccccc6Sc6ccccc64)c4cc(-c6cccc7cccnc67)ccc4-5)c3)n2)cc1. The van der Waals surface area contributed by atoms with E-state index in [4.69, 9.17) is 19.9 Å². The second-order valence-corrected chi connectivity index (χ2v) is 16.4. The monoisotopic (exact) mass is 782 g/mol. The molecule has 0 amide bonds. The summed E-state index contributed by atoms with van der Waals surface area (Å²) in [6.07, 6.45) is 1.89. The molecule has 4 nitrogen and oxygen atoms in total. The lowest BCUT2D eigenvalue weighted by Gasteiger charge is -2.40. The second kappa shape index (κ2) is 13.8. The maximum absolute atomic E-state index is 5.06. The summed E-state index contributed by atoms with van der Waals surface area (Å²) in [5, 5.41) is 1.13. The molecular formula is C55H34N4S. The summed E-state index contributed by atoms with van der Waals surface area (Å²) in [5.74, 6) is 1.93. The molecule has 2 aliphatic rings. The van der Waals surface area contributed by atoms with Crippen LogP contribution in [0.3, 0.4) is 0 Å². The highest BCUT2D eigenvalue weighted by Gasteiger charge is 2.50. The fourth-order valence-electron chi connectivity index (χ4n) is 9.36. The third kappa shape index (κ3) is 5.40. The van der Waals surface area contributed by atoms with Gasteiger partial charge in [0, 0.05) is 43.6 Å². The van der Waals surface area contributed by atoms with Crippen molar-refractivity contribution in [2.75, 3.05) is 0 Å². The number of hydrogen-bond donors (Lipinski definition) is 0. The number of para-hydroxylation sites is 1. The fraction of sp³-hybridized carbons (Fsp3) is 0.0182. The fourth-order valence-corrected chi connectivity index (χ4v) is 10.6. The predicted octanol–water partition coefficient (Wildman–Crippen LogP) is 13.6. The van der Waals surface area contributed by atoms with Gasteiger partial charge in [0.2, 0.25) is 0 Å². The Labute approximate surface area is 352 Å². The van der Waals surface area contributed by atoms with Crippen LogP contribution in [-0.2, 0) is 5.41 Å². The normalized spacial score (nSPS) is 13.1. The summed E-state index contributed by atoms with van der Waals surface area (Å²) in [5.41, 5.74) is 15.5. The minimum Gasteiger partial charge on any atom is -0.256 e. The number of fused-ring (bicyclic) bond motifs is 10. The van der Waals surface area contributed by atoms with Crippen LogP contribution in [-0.4, -0.2) is 19.9 Å². The largest absolute Gasteiger partial charge is 0.256 e. The van der Waals surface area contributed by atoms with E-state index in [-0.39, 0.29) is 0 Å². The number of rotatable bonds is 5. The molecular weight excluding hydrogens is 749 g/mol. The van der Waals surface area contributed by atoms with E-state index in [0.29, 0.717) is 17.5 Å². The van der Waals surface area contributed by atoms with Crippen molar-refractivity contribution in [2.24, 2.45) is 0 Å². The van der Waals surface area contributed by atoms with Gasteiger partial charge in [-0.15, -0.1) is 0 Å². The van der Waals surface area contributed by atoms with E-state index in [1.165, 1.54) is 43.2 Å². The zero-order valence-electron chi connectivity index (χ0n) is 32.3. The van der Waals surface area contributed by atoms with Crippen LogP contribution in [0.5, 0.6) is 0 Å². The molecule has 280 valence electrons. The smallest absolute Gasteiger partial charge is 0.164 e. The quantitative estimate of drug-likeness (QED) is 0.174. The minimum absolute atomic E-state index is 0.547. The third-order valence-electron chi connectivity index (χ3n) is 12.0. The highest BCUT2D eigenvalue weighted by molar-refractivity contribution is 7.99. The number of aromatic nitrogens is 4. The van der Waals surface area contributed by atoms with Crippen LogP contribution in [0, 0.1) is 0 Å². The lowest BCUT2D eigenvalue weighted by molar-refractivity contribution is 0.723. The van der Waals surface area contributed by atoms with Gasteiger partial charge < -0.3 is 0 Å². The van der Waals surface area contributed by atoms with Gasteiger partial charge in [-0.25, -0.2) is 15.0 Å². The average molecular weight is 783 g/mol. The molecule has 2 aromatic heterocycles. The first-order valence-corrected chi connectivity index (χ1v) is 21.0. The summed E-state index contributed by atoms with van der Waals surface area (Å²) in [6.45, 7) is 0. The molecule has 1 aliphatic heterocycles. The van der Waals surface area contributed by atoms with Gasteiger partial charge in [-0.2, -0.15) is 0 Å². The zero-order valence-corrected chi connectivity index (χ0v) is 33.1. The number of benzene rings is 8. The third-order valence-corrected chi connectivity index (χ3v) is 13.2. The molecule has 0 radical (unpaired) electrons. The Balaban J connectivity index is 1.06. The van der Waals surface area contributed by atoms with Gasteiger partial charge in [0.05, 0.1) is 10.9 Å². The van der Waals surface area contributed by atoms with Crippen molar-refractivity contribution in [3.05, 3.63) is 229 Å². The predicted molar refractivity (Wildman–Crippen MR) is 244 cm³/mol. The maximum atomic E-state index is 5.06. The molecule has 3 heterocycles. The first-order chi connectivity index (χ1) is 29.7. The Kier molecular flexibility index (Phi) is 7.97. The summed E-state index contributed by atoms with van der Waals surface area (Å²) in [4.78, 5) is 22.5. The molecule has 1 spiro atoms. The van der Waals surface area contributed by atoms with Crippen LogP contribution in [0.15, 0.2) is 216 Å². The molecule has 1 aliphatic carbocycles.